The molecule has 106 heavy (non-hydrogen) atoms. The van der Waals surface area contributed by atoms with E-state index in [-0.39, 0.29) is 25.7 Å². The zero-order valence-electron chi connectivity index (χ0n) is 69.7. The zero-order chi connectivity index (χ0) is 77.8. The first-order chi connectivity index (χ1) is 51.4. The molecule has 0 radical (unpaired) electrons. The highest BCUT2D eigenvalue weighted by Gasteiger charge is 2.30. The third kappa shape index (κ3) is 80.1. The number of esters is 4. The Balaban J connectivity index is 5.18. The summed E-state index contributed by atoms with van der Waals surface area (Å²) >= 11 is 0. The van der Waals surface area contributed by atoms with E-state index in [1.807, 2.05) is 0 Å². The molecule has 0 fully saturated rings. The van der Waals surface area contributed by atoms with Crippen LogP contribution in [0.2, 0.25) is 0 Å². The maximum Gasteiger partial charge on any atom is 0.472 e. The Morgan fingerprint density at radius 2 is 0.434 bits per heavy atom. The third-order valence-electron chi connectivity index (χ3n) is 20.5. The molecule has 630 valence electrons. The molecule has 0 amide bonds. The summed E-state index contributed by atoms with van der Waals surface area (Å²) in [5.41, 5.74) is 0. The Morgan fingerprint density at radius 3 is 0.642 bits per heavy atom. The van der Waals surface area contributed by atoms with Gasteiger partial charge in [-0.3, -0.25) is 37.3 Å². The van der Waals surface area contributed by atoms with Crippen molar-refractivity contribution in [2.75, 3.05) is 39.6 Å². The summed E-state index contributed by atoms with van der Waals surface area (Å²) in [4.78, 5) is 73.2. The second-order valence-corrected chi connectivity index (χ2v) is 35.1. The van der Waals surface area contributed by atoms with Crippen molar-refractivity contribution in [1.29, 1.82) is 0 Å². The lowest BCUT2D eigenvalue weighted by atomic mass is 10.0. The first-order valence-corrected chi connectivity index (χ1v) is 48.0. The third-order valence-corrected chi connectivity index (χ3v) is 22.4. The molecule has 0 aromatic rings. The number of hydrogen-bond acceptors (Lipinski definition) is 15. The van der Waals surface area contributed by atoms with Gasteiger partial charge in [-0.2, -0.15) is 0 Å². The fraction of sp³-hybridized carbons (Fsp3) is 0.954. The van der Waals surface area contributed by atoms with Crippen LogP contribution in [0.15, 0.2) is 0 Å². The molecule has 5 atom stereocenters. The van der Waals surface area contributed by atoms with Crippen LogP contribution in [0.3, 0.4) is 0 Å². The number of phosphoric ester groups is 2. The van der Waals surface area contributed by atoms with Gasteiger partial charge in [0.15, 0.2) is 12.2 Å². The first-order valence-electron chi connectivity index (χ1n) is 45.0. The number of carbonyl (C=O) groups excluding carboxylic acids is 4. The molecule has 0 aromatic heterocycles. The number of unbranched alkanes of at least 4 members (excludes halogenated alkanes) is 56. The first kappa shape index (κ1) is 104. The monoisotopic (exact) mass is 1550 g/mol. The van der Waals surface area contributed by atoms with Crippen molar-refractivity contribution in [3.8, 4) is 0 Å². The lowest BCUT2D eigenvalue weighted by Gasteiger charge is -2.21. The van der Waals surface area contributed by atoms with Gasteiger partial charge in [0, 0.05) is 25.7 Å². The van der Waals surface area contributed by atoms with Crippen LogP contribution >= 0.6 is 15.6 Å². The highest BCUT2D eigenvalue weighted by Crippen LogP contribution is 2.45. The Morgan fingerprint density at radius 1 is 0.255 bits per heavy atom. The summed E-state index contributed by atoms with van der Waals surface area (Å²) in [5, 5.41) is 10.7. The van der Waals surface area contributed by atoms with Crippen molar-refractivity contribution in [2.45, 2.75) is 484 Å². The van der Waals surface area contributed by atoms with Gasteiger partial charge in [0.05, 0.1) is 26.4 Å². The zero-order valence-corrected chi connectivity index (χ0v) is 71.5. The van der Waals surface area contributed by atoms with Crippen LogP contribution < -0.4 is 0 Å². The molecule has 17 nitrogen and oxygen atoms in total. The summed E-state index contributed by atoms with van der Waals surface area (Å²) in [6.07, 6.45) is 71.3. The molecule has 0 saturated heterocycles. The van der Waals surface area contributed by atoms with Crippen molar-refractivity contribution in [3.63, 3.8) is 0 Å². The van der Waals surface area contributed by atoms with Crippen molar-refractivity contribution in [2.24, 2.45) is 11.8 Å². The number of aliphatic hydroxyl groups excluding tert-OH is 1. The smallest absolute Gasteiger partial charge is 0.462 e. The lowest BCUT2D eigenvalue weighted by molar-refractivity contribution is -0.161. The molecule has 0 aliphatic rings. The predicted molar refractivity (Wildman–Crippen MR) is 437 cm³/mol. The number of phosphoric acid groups is 2. The van der Waals surface area contributed by atoms with E-state index in [2.05, 4.69) is 41.5 Å². The second kappa shape index (κ2) is 78.3. The molecule has 0 aromatic carbocycles. The van der Waals surface area contributed by atoms with Crippen LogP contribution in [-0.4, -0.2) is 96.7 Å². The fourth-order valence-electron chi connectivity index (χ4n) is 13.6. The van der Waals surface area contributed by atoms with Crippen molar-refractivity contribution in [1.82, 2.24) is 0 Å². The fourth-order valence-corrected chi connectivity index (χ4v) is 15.2. The predicted octanol–water partition coefficient (Wildman–Crippen LogP) is 26.6. The van der Waals surface area contributed by atoms with Gasteiger partial charge in [0.2, 0.25) is 0 Å². The minimum Gasteiger partial charge on any atom is -0.462 e. The van der Waals surface area contributed by atoms with Gasteiger partial charge in [-0.25, -0.2) is 9.13 Å². The van der Waals surface area contributed by atoms with Crippen molar-refractivity contribution < 1.29 is 80.2 Å². The van der Waals surface area contributed by atoms with Gasteiger partial charge in [-0.15, -0.1) is 0 Å². The minimum atomic E-state index is -4.97. The summed E-state index contributed by atoms with van der Waals surface area (Å²) in [5.74, 6) is -0.666. The van der Waals surface area contributed by atoms with Gasteiger partial charge in [-0.05, 0) is 37.5 Å². The normalized spacial score (nSPS) is 13.8. The largest absolute Gasteiger partial charge is 0.472 e. The number of hydrogen-bond donors (Lipinski definition) is 3. The molecule has 0 aliphatic heterocycles. The van der Waals surface area contributed by atoms with Gasteiger partial charge in [0.1, 0.15) is 19.3 Å². The molecule has 0 aliphatic carbocycles. The maximum atomic E-state index is 13.2. The summed E-state index contributed by atoms with van der Waals surface area (Å²) < 4.78 is 68.8. The number of carbonyl (C=O) groups is 4. The molecule has 0 rings (SSSR count). The average molecular weight is 1550 g/mol. The summed E-state index contributed by atoms with van der Waals surface area (Å²) in [7, 11) is -9.93. The van der Waals surface area contributed by atoms with Gasteiger partial charge in [0.25, 0.3) is 0 Å². The molecule has 2 unspecified atom stereocenters. The van der Waals surface area contributed by atoms with E-state index in [4.69, 9.17) is 37.0 Å². The van der Waals surface area contributed by atoms with Crippen LogP contribution in [-0.2, 0) is 65.4 Å². The number of ether oxygens (including phenoxy) is 4. The van der Waals surface area contributed by atoms with E-state index in [0.29, 0.717) is 31.6 Å². The topological polar surface area (TPSA) is 237 Å². The van der Waals surface area contributed by atoms with Crippen molar-refractivity contribution >= 4 is 39.5 Å². The highest BCUT2D eigenvalue weighted by atomic mass is 31.2. The van der Waals surface area contributed by atoms with Crippen LogP contribution in [0, 0.1) is 11.8 Å². The quantitative estimate of drug-likeness (QED) is 0.0222. The van der Waals surface area contributed by atoms with E-state index < -0.39 is 97.5 Å². The van der Waals surface area contributed by atoms with Gasteiger partial charge < -0.3 is 33.8 Å². The molecular formula is C87H170O17P2. The van der Waals surface area contributed by atoms with Gasteiger partial charge >= 0.3 is 39.5 Å². The standard InChI is InChI=1S/C87H170O17P2/c1-7-9-11-13-15-17-19-21-23-25-27-29-31-33-35-37-39-41-45-51-57-63-69-84(89)97-75-82(103-86(91)71-65-59-52-46-42-40-38-36-34-32-30-28-26-24-22-20-18-16-14-12-10-8-2)77-101-105(93,94)99-73-81(88)74-100-106(95,96)102-78-83(76-98-85(90)70-64-58-54-48-50-56-62-68-80(5)6)104-87(92)72-66-60-53-47-43-44-49-55-61-67-79(3)4/h79-83,88H,7-78H2,1-6H3,(H,93,94)(H,95,96)/t81-,82-,83-/m1/s1. The van der Waals surface area contributed by atoms with E-state index in [1.165, 1.54) is 276 Å². The molecule has 19 heteroatoms. The Hall–Kier alpha value is -1.94. The second-order valence-electron chi connectivity index (χ2n) is 32.2. The number of aliphatic hydroxyl groups is 1. The van der Waals surface area contributed by atoms with E-state index >= 15 is 0 Å². The van der Waals surface area contributed by atoms with Crippen LogP contribution in [0.5, 0.6) is 0 Å². The molecule has 0 heterocycles. The Bertz CT molecular complexity index is 2030. The molecular weight excluding hydrogens is 1380 g/mol. The maximum absolute atomic E-state index is 13.2. The molecule has 0 bridgehead atoms. The summed E-state index contributed by atoms with van der Waals surface area (Å²) in [6, 6.07) is 0. The lowest BCUT2D eigenvalue weighted by Crippen LogP contribution is -2.30. The SMILES string of the molecule is CCCCCCCCCCCCCCCCCCCCCCCCC(=O)OC[C@H](COP(=O)(O)OC[C@@H](O)COP(=O)(O)OC[C@@H](COC(=O)CCCCCCCCCC(C)C)OC(=O)CCCCCCCCCCCC(C)C)OC(=O)CCCCCCCCCCCCCCCCCCCCCCCC. The van der Waals surface area contributed by atoms with Gasteiger partial charge in [-0.1, -0.05) is 414 Å². The minimum absolute atomic E-state index is 0.105. The number of rotatable bonds is 86. The highest BCUT2D eigenvalue weighted by molar-refractivity contribution is 7.47. The van der Waals surface area contributed by atoms with Crippen LogP contribution in [0.1, 0.15) is 465 Å². The Labute approximate surface area is 651 Å². The molecule has 0 spiro atoms. The van der Waals surface area contributed by atoms with Crippen LogP contribution in [0.4, 0.5) is 0 Å². The van der Waals surface area contributed by atoms with E-state index in [9.17, 15) is 43.2 Å². The van der Waals surface area contributed by atoms with E-state index in [1.54, 1.807) is 0 Å². The van der Waals surface area contributed by atoms with Crippen LogP contribution in [0.25, 0.3) is 0 Å². The molecule has 0 saturated carbocycles. The average Bonchev–Trinajstić information content (AvgIpc) is 0.901. The Kier molecular flexibility index (Phi) is 76.9. The summed E-state index contributed by atoms with van der Waals surface area (Å²) in [6.45, 7) is 9.58. The van der Waals surface area contributed by atoms with E-state index in [0.717, 1.165) is 102 Å². The molecule has 3 N–H and O–H groups in total. The van der Waals surface area contributed by atoms with Crippen molar-refractivity contribution in [3.05, 3.63) is 0 Å².